The molecule has 0 amide bonds. The number of hydrogen-bond acceptors (Lipinski definition) is 4. The van der Waals surface area contributed by atoms with Gasteiger partial charge in [-0.15, -0.1) is 0 Å². The fraction of sp³-hybridized carbons (Fsp3) is 0.250. The minimum Gasteiger partial charge on any atom is -0.495 e. The molecule has 6 N–H and O–H groups in total. The first-order valence-electron chi connectivity index (χ1n) is 3.85. The first kappa shape index (κ1) is 21.9. The van der Waals surface area contributed by atoms with Gasteiger partial charge in [0, 0.05) is 29.6 Å². The second-order valence-corrected chi connectivity index (χ2v) is 4.06. The molecule has 0 aliphatic heterocycles. The van der Waals surface area contributed by atoms with Crippen molar-refractivity contribution in [3.05, 3.63) is 24.3 Å². The number of rotatable bonds is 4. The molecule has 0 aliphatic rings. The largest absolute Gasteiger partial charge is 0.495 e. The van der Waals surface area contributed by atoms with E-state index in [-0.39, 0.29) is 40.5 Å². The van der Waals surface area contributed by atoms with Crippen LogP contribution in [0.4, 0.5) is 5.69 Å². The summed E-state index contributed by atoms with van der Waals surface area (Å²) >= 11 is 0. The Morgan fingerprint density at radius 2 is 1.82 bits per heavy atom. The Morgan fingerprint density at radius 1 is 1.29 bits per heavy atom. The van der Waals surface area contributed by atoms with Gasteiger partial charge in [-0.1, -0.05) is 12.1 Å². The van der Waals surface area contributed by atoms with Gasteiger partial charge in [0.1, 0.15) is 11.6 Å². The molecule has 0 atom stereocenters. The number of para-hydroxylation sites is 2. The fourth-order valence-electron chi connectivity index (χ4n) is 0.960. The van der Waals surface area contributed by atoms with Crippen LogP contribution in [-0.4, -0.2) is 66.5 Å². The van der Waals surface area contributed by atoms with E-state index in [9.17, 15) is 8.42 Å². The van der Waals surface area contributed by atoms with Crippen molar-refractivity contribution in [3.8, 4) is 5.75 Å². The number of ether oxygens (including phenoxy) is 1. The molecule has 17 heavy (non-hydrogen) atoms. The maximum absolute atomic E-state index is 10.5. The molecule has 95 valence electrons. The van der Waals surface area contributed by atoms with Gasteiger partial charge in [0.05, 0.1) is 12.8 Å². The summed E-state index contributed by atoms with van der Waals surface area (Å²) in [5.74, 6) is -0.0101. The molecule has 7 nitrogen and oxygen atoms in total. The Balaban J connectivity index is -0.000000653. The zero-order chi connectivity index (χ0) is 10.6. The van der Waals surface area contributed by atoms with Crippen LogP contribution in [0.2, 0.25) is 0 Å². The summed E-state index contributed by atoms with van der Waals surface area (Å²) < 4.78 is 34.4. The van der Waals surface area contributed by atoms with E-state index in [0.717, 1.165) is 0 Å². The average molecular weight is 276 g/mol. The molecule has 1 rings (SSSR count). The van der Waals surface area contributed by atoms with Crippen molar-refractivity contribution < 1.29 is 28.7 Å². The van der Waals surface area contributed by atoms with Gasteiger partial charge in [-0.2, -0.15) is 8.42 Å². The van der Waals surface area contributed by atoms with Crippen LogP contribution in [0, 0.1) is 0 Å². The number of hydrogen-bond donors (Lipinski definition) is 2. The summed E-state index contributed by atoms with van der Waals surface area (Å²) in [4.78, 5) is 0. The average Bonchev–Trinajstić information content (AvgIpc) is 2.14. The van der Waals surface area contributed by atoms with Crippen molar-refractivity contribution in [2.75, 3.05) is 18.3 Å². The SMILES string of the molecule is COc1ccccc1NCS(=O)(=O)O.O.O.[Na]. The van der Waals surface area contributed by atoms with Gasteiger partial charge in [-0.3, -0.25) is 4.55 Å². The first-order chi connectivity index (χ1) is 6.53. The smallest absolute Gasteiger partial charge is 0.283 e. The first-order valence-corrected chi connectivity index (χ1v) is 5.46. The zero-order valence-corrected chi connectivity index (χ0v) is 12.4. The van der Waals surface area contributed by atoms with E-state index in [1.807, 2.05) is 0 Å². The second-order valence-electron chi connectivity index (χ2n) is 2.60. The van der Waals surface area contributed by atoms with Crippen LogP contribution in [0.1, 0.15) is 0 Å². The molecule has 0 saturated heterocycles. The molecule has 0 heterocycles. The van der Waals surface area contributed by atoms with E-state index in [1.54, 1.807) is 24.3 Å². The molecule has 0 aliphatic carbocycles. The minimum atomic E-state index is -4.01. The molecule has 1 aromatic carbocycles. The molecule has 1 aromatic rings. The molecule has 1 radical (unpaired) electrons. The van der Waals surface area contributed by atoms with E-state index < -0.39 is 16.0 Å². The van der Waals surface area contributed by atoms with Crippen LogP contribution in [0.25, 0.3) is 0 Å². The summed E-state index contributed by atoms with van der Waals surface area (Å²) in [6.07, 6.45) is 0. The second kappa shape index (κ2) is 9.66. The Hall–Kier alpha value is -0.350. The minimum absolute atomic E-state index is 0. The van der Waals surface area contributed by atoms with Gasteiger partial charge in [-0.25, -0.2) is 0 Å². The molecular formula is C8H15NNaO6S. The van der Waals surface area contributed by atoms with Crippen LogP contribution in [0.3, 0.4) is 0 Å². The third kappa shape index (κ3) is 8.38. The van der Waals surface area contributed by atoms with Crippen molar-refractivity contribution in [1.82, 2.24) is 0 Å². The van der Waals surface area contributed by atoms with Crippen molar-refractivity contribution >= 4 is 45.4 Å². The molecule has 0 fully saturated rings. The monoisotopic (exact) mass is 276 g/mol. The van der Waals surface area contributed by atoms with E-state index in [2.05, 4.69) is 5.32 Å². The van der Waals surface area contributed by atoms with E-state index in [1.165, 1.54) is 7.11 Å². The predicted octanol–water partition coefficient (Wildman–Crippen LogP) is -1.08. The van der Waals surface area contributed by atoms with Crippen LogP contribution in [-0.2, 0) is 10.1 Å². The Bertz CT molecular complexity index is 410. The predicted molar refractivity (Wildman–Crippen MR) is 66.0 cm³/mol. The van der Waals surface area contributed by atoms with Gasteiger partial charge < -0.3 is 21.0 Å². The molecular weight excluding hydrogens is 261 g/mol. The Kier molecular flexibility index (Phi) is 12.4. The number of benzene rings is 1. The summed E-state index contributed by atoms with van der Waals surface area (Å²) in [5, 5.41) is 2.54. The van der Waals surface area contributed by atoms with Gasteiger partial charge in [0.2, 0.25) is 0 Å². The maximum atomic E-state index is 10.5. The molecule has 0 aromatic heterocycles. The summed E-state index contributed by atoms with van der Waals surface area (Å²) in [7, 11) is -2.53. The fourth-order valence-corrected chi connectivity index (χ4v) is 1.30. The molecule has 9 heteroatoms. The van der Waals surface area contributed by atoms with E-state index in [0.29, 0.717) is 11.4 Å². The number of anilines is 1. The normalized spacial score (nSPS) is 9.06. The van der Waals surface area contributed by atoms with Crippen LogP contribution >= 0.6 is 0 Å². The summed E-state index contributed by atoms with van der Waals surface area (Å²) in [6.45, 7) is 0. The van der Waals surface area contributed by atoms with Crippen molar-refractivity contribution in [2.45, 2.75) is 0 Å². The van der Waals surface area contributed by atoms with Crippen molar-refractivity contribution in [3.63, 3.8) is 0 Å². The van der Waals surface area contributed by atoms with Crippen LogP contribution in [0.15, 0.2) is 24.3 Å². The summed E-state index contributed by atoms with van der Waals surface area (Å²) in [6, 6.07) is 6.84. The number of nitrogens with one attached hydrogen (secondary N) is 1. The molecule has 0 saturated carbocycles. The standard InChI is InChI=1S/C8H11NO4S.Na.2H2O/c1-13-8-5-3-2-4-7(8)9-6-14(10,11)12;;;/h2-5,9H,6H2,1H3,(H,10,11,12);;2*1H2. The molecule has 0 unspecified atom stereocenters. The maximum Gasteiger partial charge on any atom is 0.283 e. The Morgan fingerprint density at radius 3 is 2.29 bits per heavy atom. The topological polar surface area (TPSA) is 139 Å². The molecule has 0 bridgehead atoms. The van der Waals surface area contributed by atoms with Gasteiger partial charge in [0.15, 0.2) is 0 Å². The third-order valence-electron chi connectivity index (χ3n) is 1.55. The third-order valence-corrected chi connectivity index (χ3v) is 2.06. The number of methoxy groups -OCH3 is 1. The van der Waals surface area contributed by atoms with Gasteiger partial charge in [-0.05, 0) is 12.1 Å². The zero-order valence-electron chi connectivity index (χ0n) is 9.60. The summed E-state index contributed by atoms with van der Waals surface area (Å²) in [5.41, 5.74) is 0.521. The Labute approximate surface area is 122 Å². The van der Waals surface area contributed by atoms with Gasteiger partial charge in [0.25, 0.3) is 10.1 Å². The van der Waals surface area contributed by atoms with E-state index in [4.69, 9.17) is 9.29 Å². The van der Waals surface area contributed by atoms with Gasteiger partial charge >= 0.3 is 0 Å². The van der Waals surface area contributed by atoms with Crippen molar-refractivity contribution in [1.29, 1.82) is 0 Å². The van der Waals surface area contributed by atoms with Crippen LogP contribution in [0.5, 0.6) is 5.75 Å². The quantitative estimate of drug-likeness (QED) is 0.532. The van der Waals surface area contributed by atoms with Crippen LogP contribution < -0.4 is 10.1 Å². The van der Waals surface area contributed by atoms with Crippen molar-refractivity contribution in [2.24, 2.45) is 0 Å². The van der Waals surface area contributed by atoms with E-state index >= 15 is 0 Å². The molecule has 0 spiro atoms.